The molecule has 0 bridgehead atoms. The SMILES string of the molecule is CCc1ccc(NC(=O)CSc2ncnc3c2[nH]c2ccc(F)cc23)cc1. The number of hydrogen-bond acceptors (Lipinski definition) is 4. The van der Waals surface area contributed by atoms with Crippen molar-refractivity contribution in [3.8, 4) is 0 Å². The first-order valence-electron chi connectivity index (χ1n) is 8.57. The van der Waals surface area contributed by atoms with E-state index in [1.807, 2.05) is 24.3 Å². The van der Waals surface area contributed by atoms with Gasteiger partial charge in [-0.1, -0.05) is 30.8 Å². The molecule has 0 aliphatic rings. The molecule has 0 unspecified atom stereocenters. The number of carbonyl (C=O) groups is 1. The van der Waals surface area contributed by atoms with Crippen LogP contribution in [0.1, 0.15) is 12.5 Å². The molecule has 2 N–H and O–H groups in total. The third-order valence-electron chi connectivity index (χ3n) is 4.29. The number of benzene rings is 2. The van der Waals surface area contributed by atoms with Crippen molar-refractivity contribution in [2.24, 2.45) is 0 Å². The number of nitrogens with zero attached hydrogens (tertiary/aromatic N) is 2. The van der Waals surface area contributed by atoms with Crippen molar-refractivity contribution >= 4 is 45.3 Å². The van der Waals surface area contributed by atoms with E-state index in [0.717, 1.165) is 17.6 Å². The molecule has 7 heteroatoms. The third-order valence-corrected chi connectivity index (χ3v) is 5.28. The Bertz CT molecular complexity index is 1120. The van der Waals surface area contributed by atoms with Gasteiger partial charge in [0, 0.05) is 16.6 Å². The molecule has 0 aliphatic heterocycles. The lowest BCUT2D eigenvalue weighted by atomic mass is 10.1. The predicted molar refractivity (Wildman–Crippen MR) is 107 cm³/mol. The second kappa shape index (κ2) is 7.36. The van der Waals surface area contributed by atoms with E-state index in [0.29, 0.717) is 21.4 Å². The summed E-state index contributed by atoms with van der Waals surface area (Å²) in [5.41, 5.74) is 4.14. The highest BCUT2D eigenvalue weighted by Gasteiger charge is 2.13. The maximum atomic E-state index is 13.5. The number of rotatable bonds is 5. The van der Waals surface area contributed by atoms with Crippen molar-refractivity contribution in [1.82, 2.24) is 15.0 Å². The van der Waals surface area contributed by atoms with Crippen LogP contribution < -0.4 is 5.32 Å². The van der Waals surface area contributed by atoms with Crippen molar-refractivity contribution in [2.45, 2.75) is 18.4 Å². The fraction of sp³-hybridized carbons (Fsp3) is 0.150. The number of carbonyl (C=O) groups excluding carboxylic acids is 1. The molecule has 2 aromatic carbocycles. The second-order valence-electron chi connectivity index (χ2n) is 6.10. The van der Waals surface area contributed by atoms with Crippen molar-refractivity contribution in [1.29, 1.82) is 0 Å². The summed E-state index contributed by atoms with van der Waals surface area (Å²) in [4.78, 5) is 24.0. The van der Waals surface area contributed by atoms with E-state index in [9.17, 15) is 9.18 Å². The molecule has 4 aromatic rings. The number of aromatic nitrogens is 3. The molecule has 1 amide bonds. The molecule has 136 valence electrons. The van der Waals surface area contributed by atoms with Crippen LogP contribution in [0.4, 0.5) is 10.1 Å². The van der Waals surface area contributed by atoms with E-state index in [1.165, 1.54) is 35.8 Å². The van der Waals surface area contributed by atoms with Crippen LogP contribution in [0.15, 0.2) is 53.8 Å². The molecule has 4 rings (SSSR count). The number of halogens is 1. The van der Waals surface area contributed by atoms with Crippen LogP contribution in [0.25, 0.3) is 21.9 Å². The Labute approximate surface area is 159 Å². The molecular formula is C20H17FN4OS. The number of nitrogens with one attached hydrogen (secondary N) is 2. The zero-order valence-electron chi connectivity index (χ0n) is 14.6. The number of amides is 1. The van der Waals surface area contributed by atoms with Gasteiger partial charge in [-0.3, -0.25) is 4.79 Å². The Balaban J connectivity index is 1.51. The standard InChI is InChI=1S/C20H17FN4OS/c1-2-12-3-6-14(7-4-12)24-17(26)10-27-20-19-18(22-11-23-20)15-9-13(21)5-8-16(15)25-19/h3-9,11,25H,2,10H2,1H3,(H,24,26). The molecule has 0 saturated heterocycles. The summed E-state index contributed by atoms with van der Waals surface area (Å²) in [5.74, 6) is -0.214. The molecule has 2 heterocycles. The normalized spacial score (nSPS) is 11.2. The lowest BCUT2D eigenvalue weighted by molar-refractivity contribution is -0.113. The average Bonchev–Trinajstić information content (AvgIpc) is 3.05. The molecule has 27 heavy (non-hydrogen) atoms. The van der Waals surface area contributed by atoms with Gasteiger partial charge in [0.1, 0.15) is 22.7 Å². The fourth-order valence-electron chi connectivity index (χ4n) is 2.91. The van der Waals surface area contributed by atoms with Crippen molar-refractivity contribution in [2.75, 3.05) is 11.1 Å². The number of anilines is 1. The third kappa shape index (κ3) is 3.64. The molecule has 0 saturated carbocycles. The Morgan fingerprint density at radius 3 is 2.78 bits per heavy atom. The van der Waals surface area contributed by atoms with Crippen molar-refractivity contribution < 1.29 is 9.18 Å². The molecule has 2 aromatic heterocycles. The highest BCUT2D eigenvalue weighted by Crippen LogP contribution is 2.30. The number of H-pyrrole nitrogens is 1. The van der Waals surface area contributed by atoms with E-state index in [4.69, 9.17) is 0 Å². The summed E-state index contributed by atoms with van der Waals surface area (Å²) in [7, 11) is 0. The van der Waals surface area contributed by atoms with Gasteiger partial charge in [-0.15, -0.1) is 0 Å². The second-order valence-corrected chi connectivity index (χ2v) is 7.07. The van der Waals surface area contributed by atoms with Gasteiger partial charge in [-0.05, 0) is 42.3 Å². The molecule has 0 radical (unpaired) electrons. The maximum absolute atomic E-state index is 13.5. The summed E-state index contributed by atoms with van der Waals surface area (Å²) >= 11 is 1.32. The predicted octanol–water partition coefficient (Wildman–Crippen LogP) is 4.54. The van der Waals surface area contributed by atoms with Crippen LogP contribution in [-0.4, -0.2) is 26.6 Å². The first-order chi connectivity index (χ1) is 13.1. The van der Waals surface area contributed by atoms with Gasteiger partial charge in [0.2, 0.25) is 5.91 Å². The first-order valence-corrected chi connectivity index (χ1v) is 9.56. The van der Waals surface area contributed by atoms with Crippen LogP contribution in [0, 0.1) is 5.82 Å². The van der Waals surface area contributed by atoms with E-state index < -0.39 is 0 Å². The summed E-state index contributed by atoms with van der Waals surface area (Å²) in [6.45, 7) is 2.09. The van der Waals surface area contributed by atoms with E-state index >= 15 is 0 Å². The number of fused-ring (bicyclic) bond motifs is 3. The average molecular weight is 380 g/mol. The van der Waals surface area contributed by atoms with Crippen molar-refractivity contribution in [3.63, 3.8) is 0 Å². The van der Waals surface area contributed by atoms with Crippen LogP contribution in [0.2, 0.25) is 0 Å². The smallest absolute Gasteiger partial charge is 0.234 e. The van der Waals surface area contributed by atoms with Crippen LogP contribution in [-0.2, 0) is 11.2 Å². The van der Waals surface area contributed by atoms with Gasteiger partial charge in [-0.25, -0.2) is 14.4 Å². The minimum absolute atomic E-state index is 0.113. The highest BCUT2D eigenvalue weighted by atomic mass is 32.2. The number of hydrogen-bond donors (Lipinski definition) is 2. The number of aromatic amines is 1. The minimum Gasteiger partial charge on any atom is -0.351 e. The Morgan fingerprint density at radius 2 is 2.00 bits per heavy atom. The lowest BCUT2D eigenvalue weighted by Crippen LogP contribution is -2.14. The van der Waals surface area contributed by atoms with E-state index in [-0.39, 0.29) is 17.5 Å². The molecular weight excluding hydrogens is 363 g/mol. The number of aryl methyl sites for hydroxylation is 1. The number of thioether (sulfide) groups is 1. The topological polar surface area (TPSA) is 70.7 Å². The highest BCUT2D eigenvalue weighted by molar-refractivity contribution is 8.00. The van der Waals surface area contributed by atoms with Crippen LogP contribution in [0.5, 0.6) is 0 Å². The van der Waals surface area contributed by atoms with Gasteiger partial charge in [0.25, 0.3) is 0 Å². The van der Waals surface area contributed by atoms with Gasteiger partial charge in [0.05, 0.1) is 11.3 Å². The van der Waals surface area contributed by atoms with Crippen LogP contribution >= 0.6 is 11.8 Å². The molecule has 0 spiro atoms. The fourth-order valence-corrected chi connectivity index (χ4v) is 3.66. The Kier molecular flexibility index (Phi) is 4.77. The van der Waals surface area contributed by atoms with Gasteiger partial charge >= 0.3 is 0 Å². The largest absolute Gasteiger partial charge is 0.351 e. The Hall–Kier alpha value is -2.93. The lowest BCUT2D eigenvalue weighted by Gasteiger charge is -2.06. The van der Waals surface area contributed by atoms with Gasteiger partial charge < -0.3 is 10.3 Å². The molecule has 0 atom stereocenters. The Morgan fingerprint density at radius 1 is 1.19 bits per heavy atom. The summed E-state index contributed by atoms with van der Waals surface area (Å²) in [6, 6.07) is 12.3. The maximum Gasteiger partial charge on any atom is 0.234 e. The first kappa shape index (κ1) is 17.5. The van der Waals surface area contributed by atoms with E-state index in [2.05, 4.69) is 27.2 Å². The monoisotopic (exact) mass is 380 g/mol. The summed E-state index contributed by atoms with van der Waals surface area (Å²) in [5, 5.41) is 4.25. The van der Waals surface area contributed by atoms with E-state index in [1.54, 1.807) is 6.07 Å². The summed E-state index contributed by atoms with van der Waals surface area (Å²) < 4.78 is 13.5. The zero-order valence-corrected chi connectivity index (χ0v) is 15.4. The molecule has 0 aliphatic carbocycles. The van der Waals surface area contributed by atoms with Crippen LogP contribution in [0.3, 0.4) is 0 Å². The zero-order chi connectivity index (χ0) is 18.8. The van der Waals surface area contributed by atoms with Gasteiger partial charge in [-0.2, -0.15) is 0 Å². The quantitative estimate of drug-likeness (QED) is 0.394. The summed E-state index contributed by atoms with van der Waals surface area (Å²) in [6.07, 6.45) is 2.40. The molecule has 0 fully saturated rings. The minimum atomic E-state index is -0.315. The van der Waals surface area contributed by atoms with Gasteiger partial charge in [0.15, 0.2) is 0 Å². The van der Waals surface area contributed by atoms with Crippen molar-refractivity contribution in [3.05, 3.63) is 60.2 Å². The molecule has 5 nitrogen and oxygen atoms in total.